The minimum atomic E-state index is 0. The number of halogens is 1. The molecule has 2 bridgehead atoms. The first-order valence-corrected chi connectivity index (χ1v) is 9.39. The molecule has 25 heavy (non-hydrogen) atoms. The van der Waals surface area contributed by atoms with Crippen molar-refractivity contribution in [3.8, 4) is 0 Å². The lowest BCUT2D eigenvalue weighted by atomic mass is 9.96. The normalized spacial score (nSPS) is 33.3. The Kier molecular flexibility index (Phi) is 5.93. The highest BCUT2D eigenvalue weighted by molar-refractivity contribution is 14.0. The van der Waals surface area contributed by atoms with Gasteiger partial charge in [-0.1, -0.05) is 38.1 Å². The van der Waals surface area contributed by atoms with Crippen molar-refractivity contribution in [2.75, 3.05) is 7.05 Å². The Balaban J connectivity index is 0.00000182. The van der Waals surface area contributed by atoms with Crippen LogP contribution in [-0.2, 0) is 4.74 Å². The van der Waals surface area contributed by atoms with Crippen LogP contribution in [0.1, 0.15) is 62.5 Å². The quantitative estimate of drug-likeness (QED) is 0.413. The van der Waals surface area contributed by atoms with E-state index in [4.69, 9.17) is 4.74 Å². The number of nitrogens with zero attached hydrogens (tertiary/aromatic N) is 1. The van der Waals surface area contributed by atoms with Gasteiger partial charge in [-0.3, -0.25) is 4.99 Å². The van der Waals surface area contributed by atoms with Crippen LogP contribution in [0.2, 0.25) is 0 Å². The SMILES string of the molecule is CN=C(NC1CC2CCC1O2)NC1CC1c1ccc(C(C)C)cc1.I. The molecule has 0 radical (unpaired) electrons. The van der Waals surface area contributed by atoms with Crippen LogP contribution >= 0.6 is 24.0 Å². The third kappa shape index (κ3) is 4.13. The Morgan fingerprint density at radius 2 is 1.80 bits per heavy atom. The van der Waals surface area contributed by atoms with Gasteiger partial charge < -0.3 is 15.4 Å². The zero-order valence-electron chi connectivity index (χ0n) is 15.4. The first kappa shape index (κ1) is 19.0. The van der Waals surface area contributed by atoms with Gasteiger partial charge in [0.25, 0.3) is 0 Å². The average Bonchev–Trinajstić information content (AvgIpc) is 3.03. The van der Waals surface area contributed by atoms with Crippen molar-refractivity contribution in [2.45, 2.75) is 75.7 Å². The lowest BCUT2D eigenvalue weighted by molar-refractivity contribution is 0.0992. The van der Waals surface area contributed by atoms with Crippen molar-refractivity contribution in [3.05, 3.63) is 35.4 Å². The largest absolute Gasteiger partial charge is 0.373 e. The Hall–Kier alpha value is -0.820. The van der Waals surface area contributed by atoms with Gasteiger partial charge in [-0.05, 0) is 42.7 Å². The molecule has 3 aliphatic rings. The molecule has 1 aliphatic carbocycles. The molecule has 4 nitrogen and oxygen atoms in total. The molecule has 2 aliphatic heterocycles. The predicted molar refractivity (Wildman–Crippen MR) is 113 cm³/mol. The Labute approximate surface area is 168 Å². The van der Waals surface area contributed by atoms with Gasteiger partial charge >= 0.3 is 0 Å². The van der Waals surface area contributed by atoms with Crippen molar-refractivity contribution in [2.24, 2.45) is 4.99 Å². The molecule has 5 atom stereocenters. The summed E-state index contributed by atoms with van der Waals surface area (Å²) in [5.41, 5.74) is 2.85. The summed E-state index contributed by atoms with van der Waals surface area (Å²) in [5.74, 6) is 2.14. The fourth-order valence-corrected chi connectivity index (χ4v) is 4.16. The summed E-state index contributed by atoms with van der Waals surface area (Å²) in [6.45, 7) is 4.48. The van der Waals surface area contributed by atoms with E-state index in [9.17, 15) is 0 Å². The number of nitrogens with one attached hydrogen (secondary N) is 2. The van der Waals surface area contributed by atoms with Crippen LogP contribution in [0, 0.1) is 0 Å². The summed E-state index contributed by atoms with van der Waals surface area (Å²) in [6, 6.07) is 10.1. The number of hydrogen-bond donors (Lipinski definition) is 2. The first-order valence-electron chi connectivity index (χ1n) is 9.39. The molecule has 2 N–H and O–H groups in total. The second kappa shape index (κ2) is 7.82. The molecular formula is C20H30IN3O. The topological polar surface area (TPSA) is 45.7 Å². The van der Waals surface area contributed by atoms with E-state index in [-0.39, 0.29) is 24.0 Å². The highest BCUT2D eigenvalue weighted by atomic mass is 127. The van der Waals surface area contributed by atoms with Gasteiger partial charge in [0.15, 0.2) is 5.96 Å². The lowest BCUT2D eigenvalue weighted by Crippen LogP contribution is -2.48. The molecule has 5 heteroatoms. The first-order chi connectivity index (χ1) is 11.6. The zero-order chi connectivity index (χ0) is 16.7. The van der Waals surface area contributed by atoms with Crippen LogP contribution in [0.25, 0.3) is 0 Å². The lowest BCUT2D eigenvalue weighted by Gasteiger charge is -2.22. The van der Waals surface area contributed by atoms with Crippen LogP contribution in [0.4, 0.5) is 0 Å². The van der Waals surface area contributed by atoms with E-state index < -0.39 is 0 Å². The van der Waals surface area contributed by atoms with E-state index in [0.29, 0.717) is 36.1 Å². The van der Waals surface area contributed by atoms with E-state index in [1.807, 2.05) is 7.05 Å². The molecular weight excluding hydrogens is 425 g/mol. The van der Waals surface area contributed by atoms with Gasteiger partial charge in [0.1, 0.15) is 0 Å². The zero-order valence-corrected chi connectivity index (χ0v) is 17.7. The van der Waals surface area contributed by atoms with Crippen LogP contribution in [0.15, 0.2) is 29.3 Å². The summed E-state index contributed by atoms with van der Waals surface area (Å²) in [7, 11) is 1.86. The van der Waals surface area contributed by atoms with Crippen LogP contribution in [0.5, 0.6) is 0 Å². The van der Waals surface area contributed by atoms with Crippen LogP contribution in [-0.4, -0.2) is 37.3 Å². The second-order valence-corrected chi connectivity index (χ2v) is 7.85. The monoisotopic (exact) mass is 455 g/mol. The van der Waals surface area contributed by atoms with E-state index in [0.717, 1.165) is 12.4 Å². The minimum absolute atomic E-state index is 0. The van der Waals surface area contributed by atoms with Gasteiger partial charge in [-0.15, -0.1) is 24.0 Å². The smallest absolute Gasteiger partial charge is 0.191 e. The predicted octanol–water partition coefficient (Wildman–Crippen LogP) is 3.77. The molecule has 0 spiro atoms. The van der Waals surface area contributed by atoms with Crippen molar-refractivity contribution >= 4 is 29.9 Å². The standard InChI is InChI=1S/C20H29N3O.HI/c1-12(2)13-4-6-14(7-5-13)16-11-17(16)22-20(21-3)23-18-10-15-8-9-19(18)24-15;/h4-7,12,15-19H,8-11H2,1-3H3,(H2,21,22,23);1H. The summed E-state index contributed by atoms with van der Waals surface area (Å²) < 4.78 is 5.93. The van der Waals surface area contributed by atoms with Crippen molar-refractivity contribution in [1.29, 1.82) is 0 Å². The van der Waals surface area contributed by atoms with E-state index in [1.54, 1.807) is 0 Å². The third-order valence-corrected chi connectivity index (χ3v) is 5.80. The van der Waals surface area contributed by atoms with E-state index in [2.05, 4.69) is 53.7 Å². The molecule has 1 aromatic carbocycles. The van der Waals surface area contributed by atoms with Crippen molar-refractivity contribution < 1.29 is 4.74 Å². The average molecular weight is 455 g/mol. The molecule has 2 saturated heterocycles. The van der Waals surface area contributed by atoms with Gasteiger partial charge in [0, 0.05) is 19.0 Å². The van der Waals surface area contributed by atoms with E-state index >= 15 is 0 Å². The van der Waals surface area contributed by atoms with Gasteiger partial charge in [0.2, 0.25) is 0 Å². The number of ether oxygens (including phenoxy) is 1. The van der Waals surface area contributed by atoms with Crippen molar-refractivity contribution in [1.82, 2.24) is 10.6 Å². The maximum absolute atomic E-state index is 5.93. The fraction of sp³-hybridized carbons (Fsp3) is 0.650. The highest BCUT2D eigenvalue weighted by Crippen LogP contribution is 2.41. The molecule has 1 saturated carbocycles. The molecule has 0 amide bonds. The minimum Gasteiger partial charge on any atom is -0.373 e. The molecule has 3 fully saturated rings. The number of guanidine groups is 1. The number of aliphatic imine (C=N–C) groups is 1. The maximum Gasteiger partial charge on any atom is 0.191 e. The van der Waals surface area contributed by atoms with Crippen molar-refractivity contribution in [3.63, 3.8) is 0 Å². The summed E-state index contributed by atoms with van der Waals surface area (Å²) in [6.07, 6.45) is 5.58. The number of benzene rings is 1. The van der Waals surface area contributed by atoms with Gasteiger partial charge in [-0.25, -0.2) is 0 Å². The molecule has 5 unspecified atom stereocenters. The van der Waals surface area contributed by atoms with Gasteiger partial charge in [-0.2, -0.15) is 0 Å². The maximum atomic E-state index is 5.93. The molecule has 0 aromatic heterocycles. The highest BCUT2D eigenvalue weighted by Gasteiger charge is 2.43. The van der Waals surface area contributed by atoms with Crippen LogP contribution < -0.4 is 10.6 Å². The molecule has 4 rings (SSSR count). The second-order valence-electron chi connectivity index (χ2n) is 7.85. The third-order valence-electron chi connectivity index (χ3n) is 5.80. The van der Waals surface area contributed by atoms with Crippen LogP contribution in [0.3, 0.4) is 0 Å². The fourth-order valence-electron chi connectivity index (χ4n) is 4.16. The van der Waals surface area contributed by atoms with Gasteiger partial charge in [0.05, 0.1) is 18.2 Å². The Bertz CT molecular complexity index is 616. The molecule has 138 valence electrons. The number of fused-ring (bicyclic) bond motifs is 2. The molecule has 1 aromatic rings. The summed E-state index contributed by atoms with van der Waals surface area (Å²) in [5, 5.41) is 7.17. The molecule has 2 heterocycles. The summed E-state index contributed by atoms with van der Waals surface area (Å²) in [4.78, 5) is 4.42. The van der Waals surface area contributed by atoms with E-state index in [1.165, 1.54) is 30.4 Å². The summed E-state index contributed by atoms with van der Waals surface area (Å²) >= 11 is 0. The number of rotatable bonds is 4. The Morgan fingerprint density at radius 1 is 1.08 bits per heavy atom. The Morgan fingerprint density at radius 3 is 2.36 bits per heavy atom. The number of hydrogen-bond acceptors (Lipinski definition) is 2.